The van der Waals surface area contributed by atoms with Gasteiger partial charge in [0.15, 0.2) is 0 Å². The van der Waals surface area contributed by atoms with E-state index in [2.05, 4.69) is 17.3 Å². The highest BCUT2D eigenvalue weighted by atomic mass is 32.2. The molecule has 1 aromatic heterocycles. The van der Waals surface area contributed by atoms with Gasteiger partial charge in [0.2, 0.25) is 5.91 Å². The van der Waals surface area contributed by atoms with Crippen LogP contribution in [0.5, 0.6) is 0 Å². The van der Waals surface area contributed by atoms with Gasteiger partial charge in [-0.25, -0.2) is 9.07 Å². The third kappa shape index (κ3) is 3.60. The van der Waals surface area contributed by atoms with Crippen molar-refractivity contribution in [1.29, 1.82) is 0 Å². The molecule has 0 saturated carbocycles. The molecule has 20 heavy (non-hydrogen) atoms. The van der Waals surface area contributed by atoms with Crippen molar-refractivity contribution in [2.24, 2.45) is 0 Å². The molecule has 0 spiro atoms. The van der Waals surface area contributed by atoms with Crippen molar-refractivity contribution in [3.63, 3.8) is 0 Å². The predicted molar refractivity (Wildman–Crippen MR) is 78.8 cm³/mol. The number of carbonyl (C=O) groups excluding carboxylic acids is 1. The molecule has 2 aromatic rings. The Hall–Kier alpha value is -1.82. The first-order chi connectivity index (χ1) is 9.60. The normalized spacial score (nSPS) is 10.6. The molecule has 1 N–H and O–H groups in total. The van der Waals surface area contributed by atoms with E-state index in [1.165, 1.54) is 19.1 Å². The van der Waals surface area contributed by atoms with E-state index in [1.54, 1.807) is 28.7 Å². The first kappa shape index (κ1) is 14.6. The highest BCUT2D eigenvalue weighted by molar-refractivity contribution is 7.99. The Morgan fingerprint density at radius 3 is 2.90 bits per heavy atom. The summed E-state index contributed by atoms with van der Waals surface area (Å²) in [4.78, 5) is 10.9. The van der Waals surface area contributed by atoms with E-state index >= 15 is 0 Å². The molecule has 1 amide bonds. The van der Waals surface area contributed by atoms with E-state index in [-0.39, 0.29) is 11.6 Å². The van der Waals surface area contributed by atoms with Crippen molar-refractivity contribution in [1.82, 2.24) is 9.78 Å². The van der Waals surface area contributed by atoms with Gasteiger partial charge in [0, 0.05) is 19.2 Å². The van der Waals surface area contributed by atoms with Crippen LogP contribution in [0.15, 0.2) is 35.5 Å². The number of benzene rings is 1. The van der Waals surface area contributed by atoms with Crippen molar-refractivity contribution in [2.45, 2.75) is 25.3 Å². The number of carbonyl (C=O) groups is 1. The van der Waals surface area contributed by atoms with Crippen LogP contribution in [0.4, 0.5) is 10.1 Å². The molecule has 0 unspecified atom stereocenters. The summed E-state index contributed by atoms with van der Waals surface area (Å²) in [7, 11) is 0. The first-order valence-corrected chi connectivity index (χ1v) is 7.34. The lowest BCUT2D eigenvalue weighted by molar-refractivity contribution is -0.114. The molecule has 4 nitrogen and oxygen atoms in total. The SMILES string of the molecule is CCCSc1ccn(-c2ccc(NC(C)=O)c(F)c2)n1. The van der Waals surface area contributed by atoms with Gasteiger partial charge in [0.05, 0.1) is 11.4 Å². The summed E-state index contributed by atoms with van der Waals surface area (Å²) in [5, 5.41) is 7.73. The molecule has 6 heteroatoms. The van der Waals surface area contributed by atoms with Gasteiger partial charge in [0.1, 0.15) is 10.8 Å². The summed E-state index contributed by atoms with van der Waals surface area (Å²) >= 11 is 1.67. The zero-order valence-corrected chi connectivity index (χ0v) is 12.2. The van der Waals surface area contributed by atoms with Crippen LogP contribution in [0.25, 0.3) is 5.69 Å². The topological polar surface area (TPSA) is 46.9 Å². The van der Waals surface area contributed by atoms with E-state index in [0.29, 0.717) is 5.69 Å². The third-order valence-corrected chi connectivity index (χ3v) is 3.67. The number of nitrogens with zero attached hydrogens (tertiary/aromatic N) is 2. The lowest BCUT2D eigenvalue weighted by atomic mass is 10.2. The lowest BCUT2D eigenvalue weighted by Crippen LogP contribution is -2.08. The monoisotopic (exact) mass is 293 g/mol. The number of aromatic nitrogens is 2. The van der Waals surface area contributed by atoms with Crippen LogP contribution >= 0.6 is 11.8 Å². The van der Waals surface area contributed by atoms with Crippen molar-refractivity contribution < 1.29 is 9.18 Å². The Morgan fingerprint density at radius 2 is 2.25 bits per heavy atom. The van der Waals surface area contributed by atoms with Gasteiger partial charge in [-0.05, 0) is 30.4 Å². The number of amides is 1. The van der Waals surface area contributed by atoms with Gasteiger partial charge in [-0.15, -0.1) is 11.8 Å². The molecule has 106 valence electrons. The van der Waals surface area contributed by atoms with Crippen molar-refractivity contribution in [3.05, 3.63) is 36.3 Å². The molecule has 0 aliphatic heterocycles. The van der Waals surface area contributed by atoms with Crippen molar-refractivity contribution >= 4 is 23.4 Å². The van der Waals surface area contributed by atoms with Crippen LogP contribution in [0.2, 0.25) is 0 Å². The quantitative estimate of drug-likeness (QED) is 0.859. The minimum atomic E-state index is -0.476. The Morgan fingerprint density at radius 1 is 1.45 bits per heavy atom. The van der Waals surface area contributed by atoms with Gasteiger partial charge in [-0.2, -0.15) is 5.10 Å². The smallest absolute Gasteiger partial charge is 0.221 e. The minimum absolute atomic E-state index is 0.175. The fourth-order valence-electron chi connectivity index (χ4n) is 1.67. The molecule has 0 bridgehead atoms. The maximum atomic E-state index is 13.8. The summed E-state index contributed by atoms with van der Waals surface area (Å²) < 4.78 is 15.5. The van der Waals surface area contributed by atoms with Gasteiger partial charge >= 0.3 is 0 Å². The maximum Gasteiger partial charge on any atom is 0.221 e. The van der Waals surface area contributed by atoms with E-state index in [1.807, 2.05) is 6.07 Å². The van der Waals surface area contributed by atoms with Crippen LogP contribution in [0, 0.1) is 5.82 Å². The highest BCUT2D eigenvalue weighted by Crippen LogP contribution is 2.21. The standard InChI is InChI=1S/C14H16FN3OS/c1-3-8-20-14-6-7-18(17-14)11-4-5-13(12(15)9-11)16-10(2)19/h4-7,9H,3,8H2,1-2H3,(H,16,19). The Bertz CT molecular complexity index is 612. The second kappa shape index (κ2) is 6.56. The van der Waals surface area contributed by atoms with E-state index < -0.39 is 5.82 Å². The fourth-order valence-corrected chi connectivity index (χ4v) is 2.39. The minimum Gasteiger partial charge on any atom is -0.324 e. The van der Waals surface area contributed by atoms with Crippen LogP contribution in [0.3, 0.4) is 0 Å². The zero-order valence-electron chi connectivity index (χ0n) is 11.4. The van der Waals surface area contributed by atoms with Crippen molar-refractivity contribution in [3.8, 4) is 5.69 Å². The molecule has 2 rings (SSSR count). The summed E-state index contributed by atoms with van der Waals surface area (Å²) in [5.41, 5.74) is 0.800. The number of nitrogens with one attached hydrogen (secondary N) is 1. The molecule has 0 radical (unpaired) electrons. The highest BCUT2D eigenvalue weighted by Gasteiger charge is 2.07. The average Bonchev–Trinajstić information content (AvgIpc) is 2.87. The molecule has 0 saturated heterocycles. The average molecular weight is 293 g/mol. The molecule has 0 aliphatic rings. The van der Waals surface area contributed by atoms with Crippen LogP contribution in [-0.2, 0) is 4.79 Å². The third-order valence-electron chi connectivity index (χ3n) is 2.55. The zero-order chi connectivity index (χ0) is 14.5. The molecular weight excluding hydrogens is 277 g/mol. The second-order valence-electron chi connectivity index (χ2n) is 4.29. The number of halogens is 1. The largest absolute Gasteiger partial charge is 0.324 e. The molecule has 1 heterocycles. The Labute approximate surface area is 121 Å². The summed E-state index contributed by atoms with van der Waals surface area (Å²) in [6, 6.07) is 6.51. The lowest BCUT2D eigenvalue weighted by Gasteiger charge is -2.06. The predicted octanol–water partition coefficient (Wildman–Crippen LogP) is 3.47. The number of anilines is 1. The van der Waals surface area contributed by atoms with Crippen LogP contribution in [0.1, 0.15) is 20.3 Å². The van der Waals surface area contributed by atoms with Crippen molar-refractivity contribution in [2.75, 3.05) is 11.1 Å². The number of thioether (sulfide) groups is 1. The van der Waals surface area contributed by atoms with Gasteiger partial charge in [-0.1, -0.05) is 6.92 Å². The van der Waals surface area contributed by atoms with Crippen LogP contribution in [-0.4, -0.2) is 21.4 Å². The first-order valence-electron chi connectivity index (χ1n) is 6.36. The fraction of sp³-hybridized carbons (Fsp3) is 0.286. The summed E-state index contributed by atoms with van der Waals surface area (Å²) in [6.45, 7) is 3.46. The number of rotatable bonds is 5. The van der Waals surface area contributed by atoms with E-state index in [4.69, 9.17) is 0 Å². The Kier molecular flexibility index (Phi) is 4.79. The molecule has 0 atom stereocenters. The Balaban J connectivity index is 2.18. The molecular formula is C14H16FN3OS. The second-order valence-corrected chi connectivity index (χ2v) is 5.41. The van der Waals surface area contributed by atoms with Crippen LogP contribution < -0.4 is 5.32 Å². The van der Waals surface area contributed by atoms with Gasteiger partial charge < -0.3 is 5.32 Å². The molecule has 0 fully saturated rings. The molecule has 1 aromatic carbocycles. The maximum absolute atomic E-state index is 13.8. The van der Waals surface area contributed by atoms with E-state index in [0.717, 1.165) is 17.2 Å². The van der Waals surface area contributed by atoms with Gasteiger partial charge in [-0.3, -0.25) is 4.79 Å². The number of hydrogen-bond donors (Lipinski definition) is 1. The summed E-state index contributed by atoms with van der Waals surface area (Å²) in [5.74, 6) is 0.234. The number of hydrogen-bond acceptors (Lipinski definition) is 3. The summed E-state index contributed by atoms with van der Waals surface area (Å²) in [6.07, 6.45) is 2.88. The molecule has 0 aliphatic carbocycles. The van der Waals surface area contributed by atoms with E-state index in [9.17, 15) is 9.18 Å². The van der Waals surface area contributed by atoms with Gasteiger partial charge in [0.25, 0.3) is 0 Å².